The van der Waals surface area contributed by atoms with Gasteiger partial charge in [0.2, 0.25) is 5.76 Å². The third-order valence-electron chi connectivity index (χ3n) is 3.07. The van der Waals surface area contributed by atoms with Crippen LogP contribution in [-0.4, -0.2) is 22.0 Å². The Bertz CT molecular complexity index is 702. The van der Waals surface area contributed by atoms with E-state index in [2.05, 4.69) is 0 Å². The van der Waals surface area contributed by atoms with E-state index >= 15 is 0 Å². The van der Waals surface area contributed by atoms with Gasteiger partial charge in [-0.05, 0) is 23.3 Å². The molecule has 5 nitrogen and oxygen atoms in total. The molecule has 0 aliphatic rings. The summed E-state index contributed by atoms with van der Waals surface area (Å²) in [6.45, 7) is 0.453. The fraction of sp³-hybridized carbons (Fsp3) is 0.111. The smallest absolute Gasteiger partial charge is 0.371 e. The lowest BCUT2D eigenvalue weighted by molar-refractivity contribution is -0.135. The van der Waals surface area contributed by atoms with Crippen molar-refractivity contribution in [1.29, 1.82) is 0 Å². The Kier molecular flexibility index (Phi) is 5.52. The molecule has 0 bridgehead atoms. The molecule has 2 N–H and O–H groups in total. The van der Waals surface area contributed by atoms with E-state index in [9.17, 15) is 9.59 Å². The van der Waals surface area contributed by atoms with E-state index in [0.29, 0.717) is 24.0 Å². The van der Waals surface area contributed by atoms with Crippen molar-refractivity contribution >= 4 is 11.8 Å². The number of carbonyl (C=O) groups excluding carboxylic acids is 1. The molecule has 0 atom stereocenters. The summed E-state index contributed by atoms with van der Waals surface area (Å²) in [4.78, 5) is 22.0. The van der Waals surface area contributed by atoms with Gasteiger partial charge in [-0.3, -0.25) is 4.79 Å². The Morgan fingerprint density at radius 1 is 0.913 bits per heavy atom. The highest BCUT2D eigenvalue weighted by molar-refractivity contribution is 5.98. The molecule has 0 saturated carbocycles. The van der Waals surface area contributed by atoms with Gasteiger partial charge < -0.3 is 14.9 Å². The Morgan fingerprint density at radius 2 is 1.57 bits per heavy atom. The van der Waals surface area contributed by atoms with Gasteiger partial charge in [-0.1, -0.05) is 42.5 Å². The largest absolute Gasteiger partial charge is 0.502 e. The predicted molar refractivity (Wildman–Crippen MR) is 84.3 cm³/mol. The van der Waals surface area contributed by atoms with Crippen molar-refractivity contribution in [3.63, 3.8) is 0 Å². The number of carbonyl (C=O) groups is 2. The Morgan fingerprint density at radius 3 is 2.17 bits per heavy atom. The monoisotopic (exact) mass is 312 g/mol. The zero-order chi connectivity index (χ0) is 16.7. The number of benzene rings is 2. The summed E-state index contributed by atoms with van der Waals surface area (Å²) >= 11 is 0. The lowest BCUT2D eigenvalue weighted by Crippen LogP contribution is -2.05. The normalized spacial score (nSPS) is 11.0. The first-order chi connectivity index (χ1) is 11.0. The number of ether oxygens (including phenoxy) is 1. The van der Waals surface area contributed by atoms with Gasteiger partial charge in [-0.2, -0.15) is 0 Å². The minimum atomic E-state index is -1.52. The number of hydrogen-bond acceptors (Lipinski definition) is 4. The van der Waals surface area contributed by atoms with Crippen LogP contribution < -0.4 is 4.74 Å². The molecule has 0 saturated heterocycles. The molecule has 0 heterocycles. The maximum absolute atomic E-state index is 11.6. The van der Waals surface area contributed by atoms with Crippen LogP contribution in [0.15, 0.2) is 66.4 Å². The zero-order valence-electron chi connectivity index (χ0n) is 12.3. The highest BCUT2D eigenvalue weighted by atomic mass is 16.5. The minimum absolute atomic E-state index is 0.0102. The zero-order valence-corrected chi connectivity index (χ0v) is 12.3. The third kappa shape index (κ3) is 5.32. The van der Waals surface area contributed by atoms with Gasteiger partial charge in [0.15, 0.2) is 5.78 Å². The molecular weight excluding hydrogens is 296 g/mol. The molecule has 5 heteroatoms. The first-order valence-corrected chi connectivity index (χ1v) is 6.97. The van der Waals surface area contributed by atoms with E-state index in [1.54, 1.807) is 24.3 Å². The number of hydrogen-bond donors (Lipinski definition) is 2. The number of carboxylic acid groups (broad SMARTS) is 1. The number of aliphatic carboxylic acids is 1. The SMILES string of the molecule is O=C(/C=C(\O)C(=O)O)Cc1ccc(OCc2ccccc2)cc1. The van der Waals surface area contributed by atoms with Crippen LogP contribution >= 0.6 is 0 Å². The van der Waals surface area contributed by atoms with Crippen LogP contribution in [-0.2, 0) is 22.6 Å². The number of aliphatic hydroxyl groups excluding tert-OH is 1. The molecule has 0 aromatic heterocycles. The summed E-state index contributed by atoms with van der Waals surface area (Å²) in [6.07, 6.45) is 0.721. The fourth-order valence-electron chi connectivity index (χ4n) is 1.91. The highest BCUT2D eigenvalue weighted by Gasteiger charge is 2.08. The summed E-state index contributed by atoms with van der Waals surface area (Å²) < 4.78 is 5.63. The number of allylic oxidation sites excluding steroid dienone is 1. The van der Waals surface area contributed by atoms with E-state index in [-0.39, 0.29) is 6.42 Å². The molecule has 0 amide bonds. The van der Waals surface area contributed by atoms with Crippen molar-refractivity contribution in [2.75, 3.05) is 0 Å². The van der Waals surface area contributed by atoms with Crippen molar-refractivity contribution < 1.29 is 24.5 Å². The van der Waals surface area contributed by atoms with Gasteiger partial charge >= 0.3 is 5.97 Å². The van der Waals surface area contributed by atoms with Crippen molar-refractivity contribution in [2.24, 2.45) is 0 Å². The van der Waals surface area contributed by atoms with Gasteiger partial charge in [-0.15, -0.1) is 0 Å². The predicted octanol–water partition coefficient (Wildman–Crippen LogP) is 2.90. The number of aliphatic hydroxyl groups is 1. The first-order valence-electron chi connectivity index (χ1n) is 6.97. The van der Waals surface area contributed by atoms with Crippen LogP contribution in [0.3, 0.4) is 0 Å². The molecule has 2 rings (SSSR count). The minimum Gasteiger partial charge on any atom is -0.502 e. The van der Waals surface area contributed by atoms with Crippen molar-refractivity contribution in [2.45, 2.75) is 13.0 Å². The molecular formula is C18H16O5. The average Bonchev–Trinajstić information content (AvgIpc) is 2.55. The van der Waals surface area contributed by atoms with E-state index in [1.807, 2.05) is 30.3 Å². The van der Waals surface area contributed by atoms with E-state index in [0.717, 1.165) is 5.56 Å². The van der Waals surface area contributed by atoms with Gasteiger partial charge in [0, 0.05) is 12.5 Å². The topological polar surface area (TPSA) is 83.8 Å². The molecule has 0 unspecified atom stereocenters. The molecule has 0 aliphatic heterocycles. The second-order valence-corrected chi connectivity index (χ2v) is 4.90. The highest BCUT2D eigenvalue weighted by Crippen LogP contribution is 2.15. The van der Waals surface area contributed by atoms with Gasteiger partial charge in [-0.25, -0.2) is 4.79 Å². The van der Waals surface area contributed by atoms with Crippen LogP contribution in [0, 0.1) is 0 Å². The molecule has 2 aromatic rings. The van der Waals surface area contributed by atoms with Gasteiger partial charge in [0.05, 0.1) is 0 Å². The summed E-state index contributed by atoms with van der Waals surface area (Å²) in [5.41, 5.74) is 1.76. The maximum Gasteiger partial charge on any atom is 0.371 e. The lowest BCUT2D eigenvalue weighted by Gasteiger charge is -2.07. The molecule has 0 fully saturated rings. The van der Waals surface area contributed by atoms with Gasteiger partial charge in [0.25, 0.3) is 0 Å². The fourth-order valence-corrected chi connectivity index (χ4v) is 1.91. The van der Waals surface area contributed by atoms with Crippen LogP contribution in [0.1, 0.15) is 11.1 Å². The van der Waals surface area contributed by atoms with Crippen LogP contribution in [0.2, 0.25) is 0 Å². The maximum atomic E-state index is 11.6. The van der Waals surface area contributed by atoms with Gasteiger partial charge in [0.1, 0.15) is 12.4 Å². The second-order valence-electron chi connectivity index (χ2n) is 4.90. The molecule has 0 spiro atoms. The van der Waals surface area contributed by atoms with Crippen molar-refractivity contribution in [3.8, 4) is 5.75 Å². The second kappa shape index (κ2) is 7.79. The van der Waals surface area contributed by atoms with E-state index < -0.39 is 17.5 Å². The third-order valence-corrected chi connectivity index (χ3v) is 3.07. The van der Waals surface area contributed by atoms with Crippen LogP contribution in [0.5, 0.6) is 5.75 Å². The summed E-state index contributed by atoms with van der Waals surface area (Å²) in [5.74, 6) is -2.29. The number of ketones is 1. The standard InChI is InChI=1S/C18H16O5/c19-15(11-17(20)18(21)22)10-13-6-8-16(9-7-13)23-12-14-4-2-1-3-5-14/h1-9,11,20H,10,12H2,(H,21,22)/b17-11-. The molecule has 118 valence electrons. The molecule has 2 aromatic carbocycles. The molecule has 0 radical (unpaired) electrons. The summed E-state index contributed by atoms with van der Waals surface area (Å²) in [5, 5.41) is 17.5. The molecule has 0 aliphatic carbocycles. The average molecular weight is 312 g/mol. The summed E-state index contributed by atoms with van der Waals surface area (Å²) in [7, 11) is 0. The Balaban J connectivity index is 1.90. The van der Waals surface area contributed by atoms with E-state index in [1.165, 1.54) is 0 Å². The van der Waals surface area contributed by atoms with E-state index in [4.69, 9.17) is 14.9 Å². The van der Waals surface area contributed by atoms with Crippen LogP contribution in [0.4, 0.5) is 0 Å². The van der Waals surface area contributed by atoms with Crippen molar-refractivity contribution in [3.05, 3.63) is 77.6 Å². The Hall–Kier alpha value is -3.08. The molecule has 23 heavy (non-hydrogen) atoms. The first kappa shape index (κ1) is 16.3. The Labute approximate surface area is 133 Å². The number of rotatable bonds is 7. The quantitative estimate of drug-likeness (QED) is 0.606. The van der Waals surface area contributed by atoms with Crippen molar-refractivity contribution in [1.82, 2.24) is 0 Å². The lowest BCUT2D eigenvalue weighted by atomic mass is 10.1. The summed E-state index contributed by atoms with van der Waals surface area (Å²) in [6, 6.07) is 16.7. The number of carboxylic acids is 1. The van der Waals surface area contributed by atoms with Crippen LogP contribution in [0.25, 0.3) is 0 Å².